The van der Waals surface area contributed by atoms with E-state index in [1.165, 1.54) is 11.8 Å². The molecule has 2 fully saturated rings. The molecule has 1 saturated carbocycles. The zero-order valence-corrected chi connectivity index (χ0v) is 14.0. The molecule has 0 amide bonds. The highest BCUT2D eigenvalue weighted by Crippen LogP contribution is 2.48. The van der Waals surface area contributed by atoms with Crippen LogP contribution in [0.5, 0.6) is 0 Å². The van der Waals surface area contributed by atoms with Crippen molar-refractivity contribution in [3.8, 4) is 0 Å². The van der Waals surface area contributed by atoms with Gasteiger partial charge < -0.3 is 10.2 Å². The number of H-pyrrole nitrogens is 1. The lowest BCUT2D eigenvalue weighted by molar-refractivity contribution is 0.0924. The molecule has 0 atom stereocenters. The summed E-state index contributed by atoms with van der Waals surface area (Å²) in [6.45, 7) is 2.81. The molecule has 0 bridgehead atoms. The Balaban J connectivity index is 1.54. The molecule has 0 spiro atoms. The number of nitrogens with one attached hydrogen (secondary N) is 2. The summed E-state index contributed by atoms with van der Waals surface area (Å²) in [5.41, 5.74) is -0.0431. The number of aromatic nitrogens is 4. The molecular formula is C15H19FN6S. The number of hydrogen-bond acceptors (Lipinski definition) is 6. The summed E-state index contributed by atoms with van der Waals surface area (Å²) < 4.78 is 14.5. The van der Waals surface area contributed by atoms with E-state index in [9.17, 15) is 4.39 Å². The Bertz CT molecular complexity index is 723. The van der Waals surface area contributed by atoms with Crippen molar-refractivity contribution in [1.29, 1.82) is 0 Å². The third-order valence-electron chi connectivity index (χ3n) is 4.38. The molecule has 2 aromatic heterocycles. The van der Waals surface area contributed by atoms with Crippen LogP contribution in [0.25, 0.3) is 0 Å². The van der Waals surface area contributed by atoms with Crippen LogP contribution in [-0.4, -0.2) is 45.2 Å². The van der Waals surface area contributed by atoms with E-state index in [-0.39, 0.29) is 5.92 Å². The summed E-state index contributed by atoms with van der Waals surface area (Å²) in [7, 11) is 0. The maximum Gasteiger partial charge on any atom is 0.191 e. The third kappa shape index (κ3) is 2.87. The van der Waals surface area contributed by atoms with Gasteiger partial charge in [-0.2, -0.15) is 5.10 Å². The van der Waals surface area contributed by atoms with E-state index in [0.717, 1.165) is 24.4 Å². The first-order valence-electron chi connectivity index (χ1n) is 7.72. The predicted octanol–water partition coefficient (Wildman–Crippen LogP) is 2.91. The standard InChI is InChI=1S/C15H19FN6S/c1-9-5-12(21-20-9)17-11-6-13(19-14(18-11)23-2)22-7-15(16,8-22)10-3-4-10/h5-6,10H,3-4,7-8H2,1-2H3,(H2,17,18,19,20,21). The molecule has 23 heavy (non-hydrogen) atoms. The van der Waals surface area contributed by atoms with Crippen LogP contribution >= 0.6 is 11.8 Å². The van der Waals surface area contributed by atoms with Gasteiger partial charge in [0.25, 0.3) is 0 Å². The van der Waals surface area contributed by atoms with Crippen molar-refractivity contribution in [2.24, 2.45) is 5.92 Å². The van der Waals surface area contributed by atoms with Crippen LogP contribution in [0.3, 0.4) is 0 Å². The first-order chi connectivity index (χ1) is 11.1. The molecule has 1 saturated heterocycles. The van der Waals surface area contributed by atoms with Crippen LogP contribution in [-0.2, 0) is 0 Å². The number of thioether (sulfide) groups is 1. The quantitative estimate of drug-likeness (QED) is 0.647. The maximum atomic E-state index is 14.5. The Morgan fingerprint density at radius 3 is 2.70 bits per heavy atom. The highest BCUT2D eigenvalue weighted by atomic mass is 32.2. The molecule has 0 radical (unpaired) electrons. The second-order valence-corrected chi connectivity index (χ2v) is 7.10. The molecule has 8 heteroatoms. The van der Waals surface area contributed by atoms with Crippen LogP contribution in [0.15, 0.2) is 17.3 Å². The minimum atomic E-state index is -1.02. The first kappa shape index (κ1) is 14.7. The van der Waals surface area contributed by atoms with Gasteiger partial charge in [-0.15, -0.1) is 0 Å². The number of rotatable bonds is 5. The van der Waals surface area contributed by atoms with Crippen LogP contribution in [0.4, 0.5) is 21.8 Å². The SMILES string of the molecule is CSc1nc(Nc2cc(C)[nH]n2)cc(N2CC(F)(C3CC3)C2)n1. The van der Waals surface area contributed by atoms with Gasteiger partial charge >= 0.3 is 0 Å². The lowest BCUT2D eigenvalue weighted by Gasteiger charge is -2.45. The molecule has 2 N–H and O–H groups in total. The van der Waals surface area contributed by atoms with E-state index in [2.05, 4.69) is 25.5 Å². The zero-order valence-electron chi connectivity index (χ0n) is 13.1. The lowest BCUT2D eigenvalue weighted by Crippen LogP contribution is -2.60. The summed E-state index contributed by atoms with van der Waals surface area (Å²) in [6, 6.07) is 3.76. The third-order valence-corrected chi connectivity index (χ3v) is 4.92. The van der Waals surface area contributed by atoms with Crippen molar-refractivity contribution in [1.82, 2.24) is 20.2 Å². The van der Waals surface area contributed by atoms with Crippen LogP contribution in [0, 0.1) is 12.8 Å². The predicted molar refractivity (Wildman–Crippen MR) is 89.2 cm³/mol. The summed E-state index contributed by atoms with van der Waals surface area (Å²) >= 11 is 1.47. The van der Waals surface area contributed by atoms with E-state index in [1.807, 2.05) is 30.2 Å². The minimum absolute atomic E-state index is 0.255. The van der Waals surface area contributed by atoms with Gasteiger partial charge in [0.2, 0.25) is 0 Å². The van der Waals surface area contributed by atoms with Gasteiger partial charge in [0.05, 0.1) is 13.1 Å². The van der Waals surface area contributed by atoms with Gasteiger partial charge in [-0.05, 0) is 31.9 Å². The van der Waals surface area contributed by atoms with Crippen molar-refractivity contribution >= 4 is 29.2 Å². The number of nitrogens with zero attached hydrogens (tertiary/aromatic N) is 4. The molecule has 1 aliphatic carbocycles. The first-order valence-corrected chi connectivity index (χ1v) is 8.94. The molecule has 2 aromatic rings. The molecule has 0 aromatic carbocycles. The fraction of sp³-hybridized carbons (Fsp3) is 0.533. The van der Waals surface area contributed by atoms with Crippen molar-refractivity contribution in [3.63, 3.8) is 0 Å². The zero-order chi connectivity index (χ0) is 16.0. The normalized spacial score (nSPS) is 19.5. The van der Waals surface area contributed by atoms with Crippen molar-refractivity contribution in [2.75, 3.05) is 29.6 Å². The van der Waals surface area contributed by atoms with E-state index < -0.39 is 5.67 Å². The fourth-order valence-electron chi connectivity index (χ4n) is 2.95. The Labute approximate surface area is 138 Å². The van der Waals surface area contributed by atoms with E-state index in [0.29, 0.717) is 29.9 Å². The second-order valence-electron chi connectivity index (χ2n) is 6.32. The largest absolute Gasteiger partial charge is 0.350 e. The maximum absolute atomic E-state index is 14.5. The smallest absolute Gasteiger partial charge is 0.191 e. The van der Waals surface area contributed by atoms with E-state index >= 15 is 0 Å². The number of aryl methyl sites for hydroxylation is 1. The number of hydrogen-bond donors (Lipinski definition) is 2. The van der Waals surface area contributed by atoms with E-state index in [1.54, 1.807) is 0 Å². The van der Waals surface area contributed by atoms with Gasteiger partial charge in [-0.1, -0.05) is 11.8 Å². The van der Waals surface area contributed by atoms with Gasteiger partial charge in [0, 0.05) is 17.8 Å². The van der Waals surface area contributed by atoms with Crippen molar-refractivity contribution < 1.29 is 4.39 Å². The van der Waals surface area contributed by atoms with Crippen LogP contribution in [0.2, 0.25) is 0 Å². The van der Waals surface area contributed by atoms with Crippen LogP contribution < -0.4 is 10.2 Å². The molecule has 2 aliphatic rings. The number of alkyl halides is 1. The summed E-state index contributed by atoms with van der Waals surface area (Å²) in [5, 5.41) is 10.9. The summed E-state index contributed by atoms with van der Waals surface area (Å²) in [6.07, 6.45) is 3.98. The molecule has 4 rings (SSSR count). The number of halogens is 1. The Hall–Kier alpha value is -1.83. The summed E-state index contributed by atoms with van der Waals surface area (Å²) in [4.78, 5) is 10.9. The van der Waals surface area contributed by atoms with E-state index in [4.69, 9.17) is 0 Å². The highest BCUT2D eigenvalue weighted by molar-refractivity contribution is 7.98. The van der Waals surface area contributed by atoms with Crippen LogP contribution in [0.1, 0.15) is 18.5 Å². The minimum Gasteiger partial charge on any atom is -0.350 e. The average Bonchev–Trinajstić information content (AvgIpc) is 3.28. The number of aromatic amines is 1. The lowest BCUT2D eigenvalue weighted by atomic mass is 9.91. The molecular weight excluding hydrogens is 315 g/mol. The van der Waals surface area contributed by atoms with Gasteiger partial charge in [-0.3, -0.25) is 5.10 Å². The van der Waals surface area contributed by atoms with Gasteiger partial charge in [-0.25, -0.2) is 14.4 Å². The second kappa shape index (κ2) is 5.36. The topological polar surface area (TPSA) is 69.7 Å². The summed E-state index contributed by atoms with van der Waals surface area (Å²) in [5.74, 6) is 2.41. The molecule has 0 unspecified atom stereocenters. The molecule has 122 valence electrons. The molecule has 3 heterocycles. The Morgan fingerprint density at radius 2 is 2.09 bits per heavy atom. The fourth-order valence-corrected chi connectivity index (χ4v) is 3.33. The van der Waals surface area contributed by atoms with Gasteiger partial charge in [0.15, 0.2) is 11.0 Å². The molecule has 6 nitrogen and oxygen atoms in total. The Kier molecular flexibility index (Phi) is 3.44. The molecule has 1 aliphatic heterocycles. The highest BCUT2D eigenvalue weighted by Gasteiger charge is 2.54. The Morgan fingerprint density at radius 1 is 1.30 bits per heavy atom. The van der Waals surface area contributed by atoms with Gasteiger partial charge in [0.1, 0.15) is 17.3 Å². The van der Waals surface area contributed by atoms with Crippen molar-refractivity contribution in [2.45, 2.75) is 30.6 Å². The monoisotopic (exact) mass is 334 g/mol. The average molecular weight is 334 g/mol. The number of anilines is 3. The van der Waals surface area contributed by atoms with Crippen molar-refractivity contribution in [3.05, 3.63) is 17.8 Å².